The van der Waals surface area contributed by atoms with Gasteiger partial charge in [0.2, 0.25) is 0 Å². The van der Waals surface area contributed by atoms with E-state index in [-0.39, 0.29) is 0 Å². The van der Waals surface area contributed by atoms with Crippen LogP contribution in [0.1, 0.15) is 22.3 Å². The highest BCUT2D eigenvalue weighted by Gasteiger charge is 2.50. The molecule has 8 rings (SSSR count). The van der Waals surface area contributed by atoms with E-state index < -0.39 is 5.41 Å². The third kappa shape index (κ3) is 2.33. The minimum atomic E-state index is -0.530. The second-order valence-corrected chi connectivity index (χ2v) is 9.86. The van der Waals surface area contributed by atoms with Gasteiger partial charge in [-0.25, -0.2) is 0 Å². The molecule has 0 unspecified atom stereocenters. The Labute approximate surface area is 209 Å². The largest absolute Gasteiger partial charge is 0.456 e. The van der Waals surface area contributed by atoms with Gasteiger partial charge in [0.05, 0.1) is 29.1 Å². The molecule has 0 spiro atoms. The summed E-state index contributed by atoms with van der Waals surface area (Å²) in [4.78, 5) is 4.81. The summed E-state index contributed by atoms with van der Waals surface area (Å²) >= 11 is 0. The maximum atomic E-state index is 6.76. The number of anilines is 3. The standard InChI is InChI=1S/C33H24N2O/c1-34-21-35-27-20-19-25-24-15-8-9-18-29(24)36-32(25)30(27)33(22-11-4-2-5-12-22,23-13-6-3-7-14-23)26-16-10-17-28(34)31(26)35/h2-20H,21H2,1H3. The van der Waals surface area contributed by atoms with Crippen LogP contribution in [0, 0.1) is 0 Å². The van der Waals surface area contributed by atoms with Crippen LogP contribution < -0.4 is 9.80 Å². The van der Waals surface area contributed by atoms with E-state index in [4.69, 9.17) is 4.42 Å². The number of furan rings is 1. The van der Waals surface area contributed by atoms with Crippen LogP contribution in [0.2, 0.25) is 0 Å². The number of nitrogens with zero attached hydrogens (tertiary/aromatic N) is 2. The molecule has 6 aromatic rings. The maximum absolute atomic E-state index is 6.76. The number of rotatable bonds is 2. The Morgan fingerprint density at radius 1 is 0.639 bits per heavy atom. The summed E-state index contributed by atoms with van der Waals surface area (Å²) in [5.74, 6) is 0. The van der Waals surface area contributed by atoms with Crippen molar-refractivity contribution in [3.63, 3.8) is 0 Å². The lowest BCUT2D eigenvalue weighted by Crippen LogP contribution is -2.38. The monoisotopic (exact) mass is 464 g/mol. The molecule has 0 N–H and O–H groups in total. The summed E-state index contributed by atoms with van der Waals surface area (Å²) < 4.78 is 6.76. The van der Waals surface area contributed by atoms with Crippen molar-refractivity contribution in [3.8, 4) is 0 Å². The van der Waals surface area contributed by atoms with Crippen molar-refractivity contribution in [2.45, 2.75) is 5.41 Å². The van der Waals surface area contributed by atoms with Gasteiger partial charge in [0, 0.05) is 23.4 Å². The summed E-state index contributed by atoms with van der Waals surface area (Å²) in [7, 11) is 2.18. The van der Waals surface area contributed by atoms with Gasteiger partial charge >= 0.3 is 0 Å². The highest BCUT2D eigenvalue weighted by Crippen LogP contribution is 2.61. The van der Waals surface area contributed by atoms with E-state index in [0.29, 0.717) is 0 Å². The lowest BCUT2D eigenvalue weighted by atomic mass is 9.62. The van der Waals surface area contributed by atoms with Gasteiger partial charge in [-0.3, -0.25) is 0 Å². The van der Waals surface area contributed by atoms with Gasteiger partial charge in [-0.1, -0.05) is 91.0 Å². The molecule has 0 atom stereocenters. The second kappa shape index (κ2) is 7.02. The van der Waals surface area contributed by atoms with Crippen LogP contribution in [-0.2, 0) is 5.41 Å². The number of para-hydroxylation sites is 2. The van der Waals surface area contributed by atoms with Crippen LogP contribution in [0.25, 0.3) is 21.9 Å². The number of fused-ring (bicyclic) bond motifs is 6. The third-order valence-corrected chi connectivity index (χ3v) is 8.06. The van der Waals surface area contributed by atoms with E-state index >= 15 is 0 Å². The first-order valence-corrected chi connectivity index (χ1v) is 12.5. The molecule has 0 radical (unpaired) electrons. The minimum absolute atomic E-state index is 0.530. The zero-order valence-corrected chi connectivity index (χ0v) is 20.0. The Balaban J connectivity index is 1.64. The Kier molecular flexibility index (Phi) is 3.85. The molecule has 0 aliphatic carbocycles. The molecule has 0 fully saturated rings. The van der Waals surface area contributed by atoms with Crippen molar-refractivity contribution in [2.24, 2.45) is 0 Å². The van der Waals surface area contributed by atoms with Crippen LogP contribution in [-0.4, -0.2) is 13.7 Å². The average molecular weight is 465 g/mol. The molecule has 1 aromatic heterocycles. The second-order valence-electron chi connectivity index (χ2n) is 9.86. The summed E-state index contributed by atoms with van der Waals surface area (Å²) in [6, 6.07) is 41.6. The lowest BCUT2D eigenvalue weighted by molar-refractivity contribution is 0.641. The highest BCUT2D eigenvalue weighted by molar-refractivity contribution is 6.10. The number of benzene rings is 5. The topological polar surface area (TPSA) is 19.6 Å². The molecular formula is C33H24N2O. The molecule has 0 saturated heterocycles. The smallest absolute Gasteiger partial charge is 0.142 e. The van der Waals surface area contributed by atoms with Gasteiger partial charge in [-0.15, -0.1) is 0 Å². The van der Waals surface area contributed by atoms with Gasteiger partial charge in [0.25, 0.3) is 0 Å². The fraction of sp³-hybridized carbons (Fsp3) is 0.0909. The molecule has 2 aliphatic heterocycles. The van der Waals surface area contributed by atoms with Crippen molar-refractivity contribution >= 4 is 39.0 Å². The molecular weight excluding hydrogens is 440 g/mol. The third-order valence-electron chi connectivity index (χ3n) is 8.06. The van der Waals surface area contributed by atoms with Crippen LogP contribution in [0.15, 0.2) is 120 Å². The van der Waals surface area contributed by atoms with E-state index in [9.17, 15) is 0 Å². The van der Waals surface area contributed by atoms with Gasteiger partial charge in [0.15, 0.2) is 0 Å². The minimum Gasteiger partial charge on any atom is -0.456 e. The molecule has 36 heavy (non-hydrogen) atoms. The van der Waals surface area contributed by atoms with Crippen LogP contribution in [0.3, 0.4) is 0 Å². The van der Waals surface area contributed by atoms with Crippen molar-refractivity contribution in [1.29, 1.82) is 0 Å². The first kappa shape index (κ1) is 19.8. The van der Waals surface area contributed by atoms with Crippen molar-refractivity contribution in [2.75, 3.05) is 23.5 Å². The molecule has 0 amide bonds. The van der Waals surface area contributed by atoms with E-state index in [1.54, 1.807) is 0 Å². The first-order chi connectivity index (χ1) is 17.8. The number of hydrogen-bond acceptors (Lipinski definition) is 3. The molecule has 0 saturated carbocycles. The van der Waals surface area contributed by atoms with Crippen LogP contribution in [0.5, 0.6) is 0 Å². The Morgan fingerprint density at radius 2 is 1.33 bits per heavy atom. The predicted molar refractivity (Wildman–Crippen MR) is 147 cm³/mol. The Morgan fingerprint density at radius 3 is 2.08 bits per heavy atom. The van der Waals surface area contributed by atoms with E-state index in [2.05, 4.69) is 132 Å². The van der Waals surface area contributed by atoms with Crippen molar-refractivity contribution < 1.29 is 4.42 Å². The zero-order valence-electron chi connectivity index (χ0n) is 20.0. The quantitative estimate of drug-likeness (QED) is 0.260. The Hall–Kier alpha value is -4.50. The molecule has 2 aliphatic rings. The Bertz CT molecular complexity index is 1750. The normalized spacial score (nSPS) is 15.4. The first-order valence-electron chi connectivity index (χ1n) is 12.5. The summed E-state index contributed by atoms with van der Waals surface area (Å²) in [5.41, 5.74) is 10.1. The van der Waals surface area contributed by atoms with Crippen LogP contribution >= 0.6 is 0 Å². The molecule has 3 heterocycles. The summed E-state index contributed by atoms with van der Waals surface area (Å²) in [5, 5.41) is 2.32. The van der Waals surface area contributed by atoms with E-state index in [1.165, 1.54) is 39.3 Å². The highest BCUT2D eigenvalue weighted by atomic mass is 16.3. The zero-order chi connectivity index (χ0) is 23.9. The van der Waals surface area contributed by atoms with Crippen molar-refractivity contribution in [3.05, 3.63) is 138 Å². The van der Waals surface area contributed by atoms with Crippen LogP contribution in [0.4, 0.5) is 17.1 Å². The fourth-order valence-corrected chi connectivity index (χ4v) is 6.62. The lowest BCUT2D eigenvalue weighted by Gasteiger charge is -2.44. The molecule has 172 valence electrons. The van der Waals surface area contributed by atoms with Crippen molar-refractivity contribution in [1.82, 2.24) is 0 Å². The number of hydrogen-bond donors (Lipinski definition) is 0. The maximum Gasteiger partial charge on any atom is 0.142 e. The van der Waals surface area contributed by atoms with E-state index in [0.717, 1.165) is 28.6 Å². The molecule has 3 heteroatoms. The summed E-state index contributed by atoms with van der Waals surface area (Å²) in [6.45, 7) is 0.810. The van der Waals surface area contributed by atoms with Gasteiger partial charge < -0.3 is 14.2 Å². The van der Waals surface area contributed by atoms with Gasteiger partial charge in [0.1, 0.15) is 11.2 Å². The molecule has 3 nitrogen and oxygen atoms in total. The fourth-order valence-electron chi connectivity index (χ4n) is 6.62. The summed E-state index contributed by atoms with van der Waals surface area (Å²) in [6.07, 6.45) is 0. The van der Waals surface area contributed by atoms with Gasteiger partial charge in [-0.05, 0) is 41.0 Å². The predicted octanol–water partition coefficient (Wildman–Crippen LogP) is 7.83. The SMILES string of the molecule is CN1CN2c3ccc4c(oc5ccccc54)c3C(c3ccccc3)(c3ccccc3)c3cccc1c32. The van der Waals surface area contributed by atoms with E-state index in [1.807, 2.05) is 0 Å². The van der Waals surface area contributed by atoms with Gasteiger partial charge in [-0.2, -0.15) is 0 Å². The average Bonchev–Trinajstić information content (AvgIpc) is 3.49. The molecule has 0 bridgehead atoms. The molecule has 5 aromatic carbocycles.